The van der Waals surface area contributed by atoms with Gasteiger partial charge < -0.3 is 14.2 Å². The average Bonchev–Trinajstić information content (AvgIpc) is 3.33. The molecule has 0 aliphatic carbocycles. The van der Waals surface area contributed by atoms with E-state index in [1.165, 1.54) is 128 Å². The fourth-order valence-electron chi connectivity index (χ4n) is 7.83. The predicted octanol–water partition coefficient (Wildman–Crippen LogP) is 19.0. The van der Waals surface area contributed by atoms with E-state index in [-0.39, 0.29) is 31.1 Å². The third-order valence-corrected chi connectivity index (χ3v) is 12.2. The summed E-state index contributed by atoms with van der Waals surface area (Å²) >= 11 is 0. The SMILES string of the molecule is CCCCC/C=C\C/C=C\CCCCCCCCCCCC(=O)OC[C@@H](COC(=O)CCCCCCC/C=C\C/C=C\CCCCC)OC(=O)CCCCCCC/C=C\C/C=C\CCCCC. The van der Waals surface area contributed by atoms with Gasteiger partial charge in [0, 0.05) is 19.3 Å². The zero-order valence-electron chi connectivity index (χ0n) is 44.2. The number of carbonyl (C=O) groups excluding carboxylic acids is 3. The predicted molar refractivity (Wildman–Crippen MR) is 288 cm³/mol. The molecule has 0 aromatic carbocycles. The Balaban J connectivity index is 4.41. The van der Waals surface area contributed by atoms with Crippen LogP contribution in [0.4, 0.5) is 0 Å². The number of unbranched alkanes of at least 4 members (excludes halogenated alkanes) is 28. The third kappa shape index (κ3) is 53.7. The van der Waals surface area contributed by atoms with Crippen molar-refractivity contribution in [1.82, 2.24) is 0 Å². The highest BCUT2D eigenvalue weighted by Gasteiger charge is 2.19. The molecule has 0 fully saturated rings. The minimum absolute atomic E-state index is 0.0876. The van der Waals surface area contributed by atoms with Gasteiger partial charge in [0.2, 0.25) is 0 Å². The van der Waals surface area contributed by atoms with Crippen molar-refractivity contribution in [2.45, 2.75) is 284 Å². The molecule has 0 unspecified atom stereocenters. The van der Waals surface area contributed by atoms with Gasteiger partial charge in [0.25, 0.3) is 0 Å². The van der Waals surface area contributed by atoms with Crippen LogP contribution < -0.4 is 0 Å². The molecular weight excluding hydrogens is 829 g/mol. The molecule has 0 radical (unpaired) electrons. The van der Waals surface area contributed by atoms with Crippen molar-refractivity contribution in [2.75, 3.05) is 13.2 Å². The Bertz CT molecular complexity index is 1260. The molecule has 0 aliphatic rings. The molecule has 0 aromatic rings. The summed E-state index contributed by atoms with van der Waals surface area (Å²) in [6.07, 6.45) is 70.2. The summed E-state index contributed by atoms with van der Waals surface area (Å²) in [6.45, 7) is 6.55. The lowest BCUT2D eigenvalue weighted by atomic mass is 10.1. The number of rotatable bonds is 51. The first-order chi connectivity index (χ1) is 33.0. The molecule has 0 saturated carbocycles. The van der Waals surface area contributed by atoms with Crippen LogP contribution in [0.3, 0.4) is 0 Å². The minimum Gasteiger partial charge on any atom is -0.462 e. The van der Waals surface area contributed by atoms with Crippen LogP contribution in [0, 0.1) is 0 Å². The zero-order valence-corrected chi connectivity index (χ0v) is 44.2. The molecule has 0 heterocycles. The second kappa shape index (κ2) is 55.4. The molecule has 0 spiro atoms. The maximum atomic E-state index is 12.8. The van der Waals surface area contributed by atoms with Gasteiger partial charge in [-0.3, -0.25) is 14.4 Å². The summed E-state index contributed by atoms with van der Waals surface area (Å²) < 4.78 is 16.8. The number of hydrogen-bond acceptors (Lipinski definition) is 6. The number of carbonyl (C=O) groups is 3. The van der Waals surface area contributed by atoms with Crippen molar-refractivity contribution in [2.24, 2.45) is 0 Å². The summed E-state index contributed by atoms with van der Waals surface area (Å²) in [7, 11) is 0. The second-order valence-electron chi connectivity index (χ2n) is 18.8. The van der Waals surface area contributed by atoms with Gasteiger partial charge in [-0.1, -0.05) is 216 Å². The van der Waals surface area contributed by atoms with E-state index in [1.54, 1.807) is 0 Å². The fraction of sp³-hybridized carbons (Fsp3) is 0.754. The van der Waals surface area contributed by atoms with Crippen LogP contribution in [-0.2, 0) is 28.6 Å². The van der Waals surface area contributed by atoms with Gasteiger partial charge >= 0.3 is 17.9 Å². The fourth-order valence-corrected chi connectivity index (χ4v) is 7.83. The number of esters is 3. The van der Waals surface area contributed by atoms with Crippen molar-refractivity contribution in [3.05, 3.63) is 72.9 Å². The smallest absolute Gasteiger partial charge is 0.306 e. The Morgan fingerprint density at radius 1 is 0.299 bits per heavy atom. The molecule has 0 rings (SSSR count). The van der Waals surface area contributed by atoms with Gasteiger partial charge in [0.05, 0.1) is 0 Å². The van der Waals surface area contributed by atoms with Crippen LogP contribution in [0.15, 0.2) is 72.9 Å². The maximum Gasteiger partial charge on any atom is 0.306 e. The molecule has 0 saturated heterocycles. The molecule has 0 amide bonds. The molecule has 0 aliphatic heterocycles. The quantitative estimate of drug-likeness (QED) is 0.0262. The van der Waals surface area contributed by atoms with E-state index in [2.05, 4.69) is 93.7 Å². The third-order valence-electron chi connectivity index (χ3n) is 12.2. The van der Waals surface area contributed by atoms with Crippen LogP contribution in [0.1, 0.15) is 278 Å². The highest BCUT2D eigenvalue weighted by molar-refractivity contribution is 5.71. The van der Waals surface area contributed by atoms with Crippen molar-refractivity contribution in [1.29, 1.82) is 0 Å². The summed E-state index contributed by atoms with van der Waals surface area (Å²) in [4.78, 5) is 38.1. The Kier molecular flexibility index (Phi) is 52.8. The van der Waals surface area contributed by atoms with Crippen molar-refractivity contribution in [3.63, 3.8) is 0 Å². The first-order valence-corrected chi connectivity index (χ1v) is 28.4. The molecule has 386 valence electrons. The summed E-state index contributed by atoms with van der Waals surface area (Å²) in [6, 6.07) is 0. The van der Waals surface area contributed by atoms with E-state index in [0.29, 0.717) is 19.3 Å². The number of allylic oxidation sites excluding steroid dienone is 12. The molecule has 0 bridgehead atoms. The topological polar surface area (TPSA) is 78.9 Å². The van der Waals surface area contributed by atoms with Crippen LogP contribution >= 0.6 is 0 Å². The van der Waals surface area contributed by atoms with E-state index in [9.17, 15) is 14.4 Å². The van der Waals surface area contributed by atoms with E-state index in [0.717, 1.165) is 109 Å². The largest absolute Gasteiger partial charge is 0.462 e. The average molecular weight is 936 g/mol. The van der Waals surface area contributed by atoms with Crippen LogP contribution in [-0.4, -0.2) is 37.2 Å². The van der Waals surface area contributed by atoms with Crippen molar-refractivity contribution >= 4 is 17.9 Å². The molecule has 6 nitrogen and oxygen atoms in total. The van der Waals surface area contributed by atoms with Gasteiger partial charge in [-0.25, -0.2) is 0 Å². The standard InChI is InChI=1S/C61H106O6/c1-4-7-10-13-16-19-22-25-28-29-30-31-34-36-39-42-45-48-51-54-60(63)66-57-58(67-61(64)55-52-49-46-43-40-37-33-27-24-21-18-15-12-9-6-3)56-65-59(62)53-50-47-44-41-38-35-32-26-23-20-17-14-11-8-5-2/h16-21,25-28,32-33,58H,4-15,22-24,29-31,34-57H2,1-3H3/b19-16-,20-17-,21-18-,28-25-,32-26-,33-27-/t58-/m1/s1. The van der Waals surface area contributed by atoms with Crippen LogP contribution in [0.2, 0.25) is 0 Å². The Labute approximate surface area is 414 Å². The van der Waals surface area contributed by atoms with E-state index in [1.807, 2.05) is 0 Å². The highest BCUT2D eigenvalue weighted by Crippen LogP contribution is 2.15. The molecule has 0 aromatic heterocycles. The summed E-state index contributed by atoms with van der Waals surface area (Å²) in [5, 5.41) is 0. The van der Waals surface area contributed by atoms with Gasteiger partial charge in [0.15, 0.2) is 6.10 Å². The maximum absolute atomic E-state index is 12.8. The highest BCUT2D eigenvalue weighted by atomic mass is 16.6. The molecular formula is C61H106O6. The monoisotopic (exact) mass is 935 g/mol. The van der Waals surface area contributed by atoms with Crippen molar-refractivity contribution in [3.8, 4) is 0 Å². The van der Waals surface area contributed by atoms with Crippen LogP contribution in [0.5, 0.6) is 0 Å². The Hall–Kier alpha value is -3.15. The molecule has 1 atom stereocenters. The number of hydrogen-bond donors (Lipinski definition) is 0. The van der Waals surface area contributed by atoms with Gasteiger partial charge in [-0.15, -0.1) is 0 Å². The molecule has 6 heteroatoms. The van der Waals surface area contributed by atoms with Gasteiger partial charge in [-0.05, 0) is 116 Å². The summed E-state index contributed by atoms with van der Waals surface area (Å²) in [5.74, 6) is -0.913. The van der Waals surface area contributed by atoms with Gasteiger partial charge in [-0.2, -0.15) is 0 Å². The zero-order chi connectivity index (χ0) is 48.6. The first kappa shape index (κ1) is 63.8. The Morgan fingerprint density at radius 2 is 0.537 bits per heavy atom. The Morgan fingerprint density at radius 3 is 0.821 bits per heavy atom. The minimum atomic E-state index is -0.791. The second-order valence-corrected chi connectivity index (χ2v) is 18.8. The lowest BCUT2D eigenvalue weighted by molar-refractivity contribution is -0.167. The number of ether oxygens (including phenoxy) is 3. The molecule has 67 heavy (non-hydrogen) atoms. The summed E-state index contributed by atoms with van der Waals surface area (Å²) in [5.41, 5.74) is 0. The van der Waals surface area contributed by atoms with E-state index in [4.69, 9.17) is 14.2 Å². The normalized spacial score (nSPS) is 12.6. The lowest BCUT2D eigenvalue weighted by Crippen LogP contribution is -2.30. The molecule has 0 N–H and O–H groups in total. The first-order valence-electron chi connectivity index (χ1n) is 28.4. The lowest BCUT2D eigenvalue weighted by Gasteiger charge is -2.18. The van der Waals surface area contributed by atoms with Crippen LogP contribution in [0.25, 0.3) is 0 Å². The van der Waals surface area contributed by atoms with E-state index >= 15 is 0 Å². The van der Waals surface area contributed by atoms with Gasteiger partial charge in [0.1, 0.15) is 13.2 Å². The van der Waals surface area contributed by atoms with Crippen molar-refractivity contribution < 1.29 is 28.6 Å². The van der Waals surface area contributed by atoms with E-state index < -0.39 is 6.10 Å².